The summed E-state index contributed by atoms with van der Waals surface area (Å²) in [6, 6.07) is 4.30. The second-order valence-corrected chi connectivity index (χ2v) is 6.96. The summed E-state index contributed by atoms with van der Waals surface area (Å²) >= 11 is 1.82. The maximum Gasteiger partial charge on any atom is 0.191 e. The number of likely N-dealkylation sites (tertiary alicyclic amines) is 1. The van der Waals surface area contributed by atoms with Crippen LogP contribution in [0.3, 0.4) is 0 Å². The van der Waals surface area contributed by atoms with Crippen molar-refractivity contribution in [3.8, 4) is 0 Å². The number of thiophene rings is 1. The van der Waals surface area contributed by atoms with Crippen molar-refractivity contribution in [1.29, 1.82) is 0 Å². The molecule has 1 aromatic heterocycles. The molecule has 1 saturated heterocycles. The predicted molar refractivity (Wildman–Crippen MR) is 96.8 cm³/mol. The Kier molecular flexibility index (Phi) is 7.74. The fourth-order valence-electron chi connectivity index (χ4n) is 2.90. The van der Waals surface area contributed by atoms with Crippen molar-refractivity contribution in [2.75, 3.05) is 39.3 Å². The molecule has 4 nitrogen and oxygen atoms in total. The van der Waals surface area contributed by atoms with E-state index in [1.807, 2.05) is 11.3 Å². The van der Waals surface area contributed by atoms with Gasteiger partial charge in [-0.2, -0.15) is 0 Å². The molecule has 0 radical (unpaired) electrons. The summed E-state index contributed by atoms with van der Waals surface area (Å²) in [5.41, 5.74) is 0. The average molecular weight is 323 g/mol. The van der Waals surface area contributed by atoms with Crippen LogP contribution in [0.25, 0.3) is 0 Å². The normalized spacial score (nSPS) is 19.5. The van der Waals surface area contributed by atoms with Crippen LogP contribution in [0, 0.1) is 5.92 Å². The van der Waals surface area contributed by atoms with E-state index >= 15 is 0 Å². The Morgan fingerprint density at radius 1 is 1.41 bits per heavy atom. The van der Waals surface area contributed by atoms with E-state index in [4.69, 9.17) is 4.99 Å². The van der Waals surface area contributed by atoms with Gasteiger partial charge in [0.05, 0.1) is 0 Å². The van der Waals surface area contributed by atoms with Crippen LogP contribution in [0.5, 0.6) is 0 Å². The zero-order valence-electron chi connectivity index (χ0n) is 14.0. The Morgan fingerprint density at radius 2 is 2.32 bits per heavy atom. The topological polar surface area (TPSA) is 39.7 Å². The van der Waals surface area contributed by atoms with Crippen molar-refractivity contribution in [2.45, 2.75) is 33.1 Å². The molecule has 124 valence electrons. The van der Waals surface area contributed by atoms with Crippen LogP contribution in [0.1, 0.15) is 31.6 Å². The monoisotopic (exact) mass is 322 g/mol. The van der Waals surface area contributed by atoms with Gasteiger partial charge in [0, 0.05) is 31.1 Å². The highest BCUT2D eigenvalue weighted by Gasteiger charge is 2.21. The highest BCUT2D eigenvalue weighted by molar-refractivity contribution is 7.09. The standard InChI is InChI=1S/C17H30N4S/c1-3-10-21-11-8-15(14-21)13-20-17(18-4-2)19-9-7-16-6-5-12-22-16/h5-6,12,15H,3-4,7-11,13-14H2,1-2H3,(H2,18,19,20). The lowest BCUT2D eigenvalue weighted by Gasteiger charge is -2.14. The Labute approximate surface area is 139 Å². The fourth-order valence-corrected chi connectivity index (χ4v) is 3.61. The lowest BCUT2D eigenvalue weighted by atomic mass is 10.1. The van der Waals surface area contributed by atoms with Crippen molar-refractivity contribution in [3.05, 3.63) is 22.4 Å². The largest absolute Gasteiger partial charge is 0.357 e. The molecule has 1 unspecified atom stereocenters. The number of aliphatic imine (C=N–C) groups is 1. The van der Waals surface area contributed by atoms with Crippen molar-refractivity contribution < 1.29 is 0 Å². The van der Waals surface area contributed by atoms with Crippen molar-refractivity contribution in [2.24, 2.45) is 10.9 Å². The summed E-state index contributed by atoms with van der Waals surface area (Å²) in [6.07, 6.45) is 3.61. The second-order valence-electron chi connectivity index (χ2n) is 5.93. The van der Waals surface area contributed by atoms with Crippen LogP contribution in [0.15, 0.2) is 22.5 Å². The molecule has 0 aliphatic carbocycles. The first-order valence-corrected chi connectivity index (χ1v) is 9.46. The highest BCUT2D eigenvalue weighted by Crippen LogP contribution is 2.16. The zero-order chi connectivity index (χ0) is 15.6. The van der Waals surface area contributed by atoms with Crippen molar-refractivity contribution in [3.63, 3.8) is 0 Å². The van der Waals surface area contributed by atoms with Crippen LogP contribution in [-0.2, 0) is 6.42 Å². The summed E-state index contributed by atoms with van der Waals surface area (Å²) in [6.45, 7) is 10.9. The maximum atomic E-state index is 4.78. The van der Waals surface area contributed by atoms with E-state index in [0.29, 0.717) is 0 Å². The molecule has 0 saturated carbocycles. The molecule has 2 rings (SSSR count). The third kappa shape index (κ3) is 5.97. The lowest BCUT2D eigenvalue weighted by molar-refractivity contribution is 0.326. The summed E-state index contributed by atoms with van der Waals surface area (Å²) < 4.78 is 0. The van der Waals surface area contributed by atoms with Crippen LogP contribution >= 0.6 is 11.3 Å². The number of hydrogen-bond donors (Lipinski definition) is 2. The first-order valence-electron chi connectivity index (χ1n) is 8.58. The molecular formula is C17H30N4S. The molecule has 5 heteroatoms. The molecule has 1 aliphatic rings. The quantitative estimate of drug-likeness (QED) is 0.571. The molecule has 22 heavy (non-hydrogen) atoms. The fraction of sp³-hybridized carbons (Fsp3) is 0.706. The van der Waals surface area contributed by atoms with Gasteiger partial charge in [-0.3, -0.25) is 4.99 Å². The van der Waals surface area contributed by atoms with E-state index in [9.17, 15) is 0 Å². The Hall–Kier alpha value is -1.07. The summed E-state index contributed by atoms with van der Waals surface area (Å²) in [5, 5.41) is 8.94. The van der Waals surface area contributed by atoms with E-state index in [1.165, 1.54) is 37.4 Å². The van der Waals surface area contributed by atoms with Crippen LogP contribution in [0.4, 0.5) is 0 Å². The van der Waals surface area contributed by atoms with E-state index in [1.54, 1.807) is 0 Å². The smallest absolute Gasteiger partial charge is 0.191 e. The van der Waals surface area contributed by atoms with Crippen LogP contribution in [0.2, 0.25) is 0 Å². The molecule has 1 atom stereocenters. The first kappa shape index (κ1) is 17.3. The summed E-state index contributed by atoms with van der Waals surface area (Å²) in [5.74, 6) is 1.69. The number of nitrogens with one attached hydrogen (secondary N) is 2. The second kappa shape index (κ2) is 9.85. The van der Waals surface area contributed by atoms with Gasteiger partial charge in [-0.05, 0) is 56.6 Å². The minimum Gasteiger partial charge on any atom is -0.357 e. The number of guanidine groups is 1. The van der Waals surface area contributed by atoms with Gasteiger partial charge < -0.3 is 15.5 Å². The van der Waals surface area contributed by atoms with Gasteiger partial charge in [-0.25, -0.2) is 0 Å². The average Bonchev–Trinajstić information content (AvgIpc) is 3.17. The number of rotatable bonds is 8. The van der Waals surface area contributed by atoms with E-state index in [2.05, 4.69) is 46.9 Å². The Morgan fingerprint density at radius 3 is 3.05 bits per heavy atom. The minimum absolute atomic E-state index is 0.722. The van der Waals surface area contributed by atoms with E-state index < -0.39 is 0 Å². The molecule has 2 N–H and O–H groups in total. The van der Waals surface area contributed by atoms with Gasteiger partial charge in [0.2, 0.25) is 0 Å². The van der Waals surface area contributed by atoms with Crippen LogP contribution in [-0.4, -0.2) is 50.1 Å². The SMILES string of the molecule is CCCN1CCC(CN=C(NCC)NCCc2cccs2)C1. The lowest BCUT2D eigenvalue weighted by Crippen LogP contribution is -2.38. The Balaban J connectivity index is 1.72. The predicted octanol–water partition coefficient (Wildman–Crippen LogP) is 2.58. The van der Waals surface area contributed by atoms with Gasteiger partial charge in [0.1, 0.15) is 0 Å². The zero-order valence-corrected chi connectivity index (χ0v) is 14.8. The third-order valence-corrected chi connectivity index (χ3v) is 4.94. The van der Waals surface area contributed by atoms with Gasteiger partial charge >= 0.3 is 0 Å². The molecule has 0 amide bonds. The van der Waals surface area contributed by atoms with Gasteiger partial charge in [-0.1, -0.05) is 13.0 Å². The highest BCUT2D eigenvalue weighted by atomic mass is 32.1. The molecule has 1 fully saturated rings. The number of nitrogens with zero attached hydrogens (tertiary/aromatic N) is 2. The van der Waals surface area contributed by atoms with Crippen molar-refractivity contribution >= 4 is 17.3 Å². The molecule has 0 bridgehead atoms. The van der Waals surface area contributed by atoms with Gasteiger partial charge in [-0.15, -0.1) is 11.3 Å². The van der Waals surface area contributed by atoms with E-state index in [0.717, 1.165) is 37.9 Å². The third-order valence-electron chi connectivity index (χ3n) is 4.01. The molecule has 2 heterocycles. The molecule has 0 spiro atoms. The maximum absolute atomic E-state index is 4.78. The van der Waals surface area contributed by atoms with Gasteiger partial charge in [0.15, 0.2) is 5.96 Å². The molecular weight excluding hydrogens is 292 g/mol. The summed E-state index contributed by atoms with van der Waals surface area (Å²) in [4.78, 5) is 8.77. The van der Waals surface area contributed by atoms with E-state index in [-0.39, 0.29) is 0 Å². The molecule has 1 aliphatic heterocycles. The first-order chi connectivity index (χ1) is 10.8. The Bertz CT molecular complexity index is 430. The number of hydrogen-bond acceptors (Lipinski definition) is 3. The van der Waals surface area contributed by atoms with Gasteiger partial charge in [0.25, 0.3) is 0 Å². The summed E-state index contributed by atoms with van der Waals surface area (Å²) in [7, 11) is 0. The molecule has 1 aromatic rings. The van der Waals surface area contributed by atoms with Crippen molar-refractivity contribution in [1.82, 2.24) is 15.5 Å². The van der Waals surface area contributed by atoms with Crippen LogP contribution < -0.4 is 10.6 Å². The minimum atomic E-state index is 0.722. The molecule has 0 aromatic carbocycles.